The molecule has 0 aliphatic heterocycles. The number of carbonyl (C=O) groups excluding carboxylic acids is 2. The van der Waals surface area contributed by atoms with E-state index in [4.69, 9.17) is 16.3 Å². The number of ether oxygens (including phenoxy) is 1. The lowest BCUT2D eigenvalue weighted by Gasteiger charge is -2.13. The average molecular weight is 364 g/mol. The van der Waals surface area contributed by atoms with Crippen LogP contribution >= 0.6 is 23.4 Å². The Hall–Kier alpha value is -1.72. The summed E-state index contributed by atoms with van der Waals surface area (Å²) < 4.78 is 5.20. The van der Waals surface area contributed by atoms with Crippen molar-refractivity contribution < 1.29 is 14.3 Å². The van der Waals surface area contributed by atoms with Gasteiger partial charge in [-0.15, -0.1) is 11.8 Å². The molecule has 0 saturated heterocycles. The zero-order valence-electron chi connectivity index (χ0n) is 13.3. The van der Waals surface area contributed by atoms with Gasteiger partial charge in [-0.1, -0.05) is 35.9 Å². The molecule has 2 aromatic carbocycles. The largest absolute Gasteiger partial charge is 0.452 e. The molecule has 0 heterocycles. The number of rotatable bonds is 6. The Bertz CT molecular complexity index is 771. The summed E-state index contributed by atoms with van der Waals surface area (Å²) in [6.45, 7) is 1.59. The van der Waals surface area contributed by atoms with Crippen molar-refractivity contribution in [3.8, 4) is 0 Å². The van der Waals surface area contributed by atoms with Crippen LogP contribution in [-0.4, -0.2) is 29.8 Å². The highest BCUT2D eigenvalue weighted by atomic mass is 35.5. The molecule has 1 fully saturated rings. The fraction of sp³-hybridized carbons (Fsp3) is 0.333. The Balaban J connectivity index is 1.59. The summed E-state index contributed by atoms with van der Waals surface area (Å²) in [7, 11) is 0. The number of amides is 1. The maximum atomic E-state index is 12.0. The number of esters is 1. The van der Waals surface area contributed by atoms with Gasteiger partial charge in [-0.3, -0.25) is 9.59 Å². The summed E-state index contributed by atoms with van der Waals surface area (Å²) in [4.78, 5) is 24.7. The summed E-state index contributed by atoms with van der Waals surface area (Å²) >= 11 is 7.64. The van der Waals surface area contributed by atoms with Crippen LogP contribution in [0.25, 0.3) is 10.8 Å². The lowest BCUT2D eigenvalue weighted by atomic mass is 10.1. The number of halogens is 1. The number of nitrogens with one attached hydrogen (secondary N) is 1. The summed E-state index contributed by atoms with van der Waals surface area (Å²) in [5, 5.41) is 5.43. The van der Waals surface area contributed by atoms with Crippen molar-refractivity contribution in [3.05, 3.63) is 41.4 Å². The molecule has 3 rings (SSSR count). The second-order valence-corrected chi connectivity index (χ2v) is 7.22. The monoisotopic (exact) mass is 363 g/mol. The van der Waals surface area contributed by atoms with Gasteiger partial charge in [-0.2, -0.15) is 0 Å². The first-order valence-corrected chi connectivity index (χ1v) is 9.21. The number of hydrogen-bond donors (Lipinski definition) is 1. The Kier molecular flexibility index (Phi) is 5.31. The molecule has 4 nitrogen and oxygen atoms in total. The Labute approximate surface area is 149 Å². The Morgan fingerprint density at radius 3 is 2.71 bits per heavy atom. The van der Waals surface area contributed by atoms with Gasteiger partial charge in [0.15, 0.2) is 6.10 Å². The van der Waals surface area contributed by atoms with Crippen LogP contribution < -0.4 is 5.32 Å². The minimum Gasteiger partial charge on any atom is -0.452 e. The molecule has 1 aliphatic carbocycles. The molecule has 24 heavy (non-hydrogen) atoms. The lowest BCUT2D eigenvalue weighted by molar-refractivity contribution is -0.152. The highest BCUT2D eigenvalue weighted by molar-refractivity contribution is 8.00. The van der Waals surface area contributed by atoms with Crippen LogP contribution in [0.4, 0.5) is 0 Å². The van der Waals surface area contributed by atoms with Gasteiger partial charge in [-0.05, 0) is 37.3 Å². The third-order valence-corrected chi connectivity index (χ3v) is 5.11. The second-order valence-electron chi connectivity index (χ2n) is 5.80. The summed E-state index contributed by atoms with van der Waals surface area (Å²) in [5.74, 6) is -0.516. The van der Waals surface area contributed by atoms with Gasteiger partial charge in [0.2, 0.25) is 0 Å². The molecule has 0 aromatic heterocycles. The van der Waals surface area contributed by atoms with E-state index < -0.39 is 12.1 Å². The van der Waals surface area contributed by atoms with E-state index >= 15 is 0 Å². The van der Waals surface area contributed by atoms with E-state index in [2.05, 4.69) is 5.32 Å². The molecule has 0 spiro atoms. The first kappa shape index (κ1) is 17.1. The number of carbonyl (C=O) groups is 2. The predicted molar refractivity (Wildman–Crippen MR) is 96.4 cm³/mol. The minimum atomic E-state index is -0.769. The van der Waals surface area contributed by atoms with Crippen LogP contribution in [0, 0.1) is 0 Å². The van der Waals surface area contributed by atoms with E-state index in [9.17, 15) is 9.59 Å². The van der Waals surface area contributed by atoms with E-state index in [0.717, 1.165) is 28.5 Å². The van der Waals surface area contributed by atoms with Gasteiger partial charge in [0.1, 0.15) is 0 Å². The first-order chi connectivity index (χ1) is 11.5. The molecule has 1 amide bonds. The highest BCUT2D eigenvalue weighted by Gasteiger charge is 2.27. The standard InChI is InChI=1S/C18H18ClNO3S/c1-11(18(22)20-13-8-9-13)23-16(21)10-24-15-7-3-5-12-4-2-6-14(19)17(12)15/h2-7,11,13H,8-10H2,1H3,(H,20,22)/t11-/m0/s1. The molecule has 126 valence electrons. The normalized spacial score (nSPS) is 15.1. The Morgan fingerprint density at radius 2 is 2.00 bits per heavy atom. The van der Waals surface area contributed by atoms with Crippen LogP contribution in [0.5, 0.6) is 0 Å². The molecule has 1 atom stereocenters. The van der Waals surface area contributed by atoms with Crippen molar-refractivity contribution in [2.75, 3.05) is 5.75 Å². The number of benzene rings is 2. The van der Waals surface area contributed by atoms with Crippen LogP contribution in [0.2, 0.25) is 5.02 Å². The van der Waals surface area contributed by atoms with Crippen molar-refractivity contribution in [2.45, 2.75) is 36.8 Å². The fourth-order valence-electron chi connectivity index (χ4n) is 2.35. The average Bonchev–Trinajstić information content (AvgIpc) is 3.37. The fourth-order valence-corrected chi connectivity index (χ4v) is 3.58. The van der Waals surface area contributed by atoms with Gasteiger partial charge in [0.25, 0.3) is 5.91 Å². The van der Waals surface area contributed by atoms with Gasteiger partial charge >= 0.3 is 5.97 Å². The molecule has 1 N–H and O–H groups in total. The topological polar surface area (TPSA) is 55.4 Å². The van der Waals surface area contributed by atoms with Crippen molar-refractivity contribution in [3.63, 3.8) is 0 Å². The lowest BCUT2D eigenvalue weighted by Crippen LogP contribution is -2.37. The van der Waals surface area contributed by atoms with Gasteiger partial charge < -0.3 is 10.1 Å². The van der Waals surface area contributed by atoms with Gasteiger partial charge in [0.05, 0.1) is 5.75 Å². The molecule has 6 heteroatoms. The third-order valence-electron chi connectivity index (χ3n) is 3.76. The van der Waals surface area contributed by atoms with E-state index in [1.807, 2.05) is 36.4 Å². The molecule has 1 saturated carbocycles. The molecule has 1 aliphatic rings. The van der Waals surface area contributed by atoms with Crippen LogP contribution in [-0.2, 0) is 14.3 Å². The summed E-state index contributed by atoms with van der Waals surface area (Å²) in [5.41, 5.74) is 0. The van der Waals surface area contributed by atoms with E-state index in [1.165, 1.54) is 11.8 Å². The molecule has 0 radical (unpaired) electrons. The molecular weight excluding hydrogens is 346 g/mol. The predicted octanol–water partition coefficient (Wildman–Crippen LogP) is 3.80. The smallest absolute Gasteiger partial charge is 0.317 e. The quantitative estimate of drug-likeness (QED) is 0.626. The minimum absolute atomic E-state index is 0.130. The summed E-state index contributed by atoms with van der Waals surface area (Å²) in [6.07, 6.45) is 1.24. The highest BCUT2D eigenvalue weighted by Crippen LogP contribution is 2.33. The molecule has 2 aromatic rings. The number of fused-ring (bicyclic) bond motifs is 1. The van der Waals surface area contributed by atoms with Crippen LogP contribution in [0.3, 0.4) is 0 Å². The molecule has 0 unspecified atom stereocenters. The van der Waals surface area contributed by atoms with Crippen molar-refractivity contribution in [1.29, 1.82) is 0 Å². The molecule has 0 bridgehead atoms. The first-order valence-electron chi connectivity index (χ1n) is 7.84. The van der Waals surface area contributed by atoms with Gasteiger partial charge in [0, 0.05) is 21.3 Å². The van der Waals surface area contributed by atoms with Crippen LogP contribution in [0.15, 0.2) is 41.3 Å². The van der Waals surface area contributed by atoms with Crippen LogP contribution in [0.1, 0.15) is 19.8 Å². The zero-order chi connectivity index (χ0) is 17.1. The SMILES string of the molecule is C[C@H](OC(=O)CSc1cccc2cccc(Cl)c12)C(=O)NC1CC1. The number of hydrogen-bond acceptors (Lipinski definition) is 4. The van der Waals surface area contributed by atoms with E-state index in [1.54, 1.807) is 6.92 Å². The summed E-state index contributed by atoms with van der Waals surface area (Å²) in [6, 6.07) is 11.8. The van der Waals surface area contributed by atoms with Crippen molar-refractivity contribution in [2.24, 2.45) is 0 Å². The van der Waals surface area contributed by atoms with Crippen molar-refractivity contribution >= 4 is 46.0 Å². The number of thioether (sulfide) groups is 1. The zero-order valence-corrected chi connectivity index (χ0v) is 14.8. The Morgan fingerprint density at radius 1 is 1.29 bits per heavy atom. The third kappa shape index (κ3) is 4.22. The van der Waals surface area contributed by atoms with Crippen molar-refractivity contribution in [1.82, 2.24) is 5.32 Å². The molecular formula is C18H18ClNO3S. The van der Waals surface area contributed by atoms with E-state index in [-0.39, 0.29) is 17.7 Å². The second kappa shape index (κ2) is 7.45. The van der Waals surface area contributed by atoms with Gasteiger partial charge in [-0.25, -0.2) is 0 Å². The maximum absolute atomic E-state index is 12.0. The maximum Gasteiger partial charge on any atom is 0.317 e. The van der Waals surface area contributed by atoms with E-state index in [0.29, 0.717) is 5.02 Å².